The number of rotatable bonds is 5. The van der Waals surface area contributed by atoms with Crippen LogP contribution in [-0.4, -0.2) is 43.3 Å². The first-order chi connectivity index (χ1) is 9.28. The number of nitrogen functional groups attached to an aromatic ring is 1. The summed E-state index contributed by atoms with van der Waals surface area (Å²) in [6.07, 6.45) is 3.06. The number of hydrogen-bond acceptors (Lipinski definition) is 4. The lowest BCUT2D eigenvalue weighted by Crippen LogP contribution is -2.43. The van der Waals surface area contributed by atoms with E-state index in [1.165, 1.54) is 6.26 Å². The maximum Gasteiger partial charge on any atom is 0.254 e. The molecule has 1 aliphatic rings. The van der Waals surface area contributed by atoms with Gasteiger partial charge >= 0.3 is 0 Å². The Morgan fingerprint density at radius 1 is 1.45 bits per heavy atom. The summed E-state index contributed by atoms with van der Waals surface area (Å²) in [5, 5.41) is 0. The highest BCUT2D eigenvalue weighted by molar-refractivity contribution is 7.90. The molecule has 1 amide bonds. The van der Waals surface area contributed by atoms with E-state index < -0.39 is 9.84 Å². The van der Waals surface area contributed by atoms with Crippen molar-refractivity contribution in [1.29, 1.82) is 0 Å². The van der Waals surface area contributed by atoms with E-state index in [9.17, 15) is 13.2 Å². The van der Waals surface area contributed by atoms with Gasteiger partial charge in [0, 0.05) is 29.6 Å². The van der Waals surface area contributed by atoms with E-state index in [1.54, 1.807) is 36.1 Å². The van der Waals surface area contributed by atoms with Crippen molar-refractivity contribution in [3.8, 4) is 0 Å². The van der Waals surface area contributed by atoms with Crippen LogP contribution in [0.2, 0.25) is 0 Å². The van der Waals surface area contributed by atoms with E-state index in [0.717, 1.165) is 12.8 Å². The van der Waals surface area contributed by atoms with Crippen molar-refractivity contribution in [3.63, 3.8) is 0 Å². The minimum Gasteiger partial charge on any atom is -0.399 e. The van der Waals surface area contributed by atoms with Gasteiger partial charge < -0.3 is 10.6 Å². The fourth-order valence-corrected chi connectivity index (χ4v) is 3.45. The molecule has 1 atom stereocenters. The van der Waals surface area contributed by atoms with Crippen LogP contribution in [0.5, 0.6) is 0 Å². The number of carbonyl (C=O) groups is 1. The Balaban J connectivity index is 2.22. The number of benzene rings is 1. The van der Waals surface area contributed by atoms with Gasteiger partial charge in [-0.1, -0.05) is 6.07 Å². The quantitative estimate of drug-likeness (QED) is 0.831. The van der Waals surface area contributed by atoms with Gasteiger partial charge in [0.1, 0.15) is 9.84 Å². The van der Waals surface area contributed by atoms with Gasteiger partial charge in [0.05, 0.1) is 5.75 Å². The lowest BCUT2D eigenvalue weighted by Gasteiger charge is -2.29. The average molecular weight is 296 g/mol. The van der Waals surface area contributed by atoms with Crippen molar-refractivity contribution >= 4 is 21.4 Å². The van der Waals surface area contributed by atoms with Crippen molar-refractivity contribution in [2.24, 2.45) is 0 Å². The molecule has 0 spiro atoms. The molecule has 2 rings (SSSR count). The summed E-state index contributed by atoms with van der Waals surface area (Å²) < 4.78 is 22.9. The Hall–Kier alpha value is -1.56. The van der Waals surface area contributed by atoms with Gasteiger partial charge in [0.2, 0.25) is 0 Å². The minimum absolute atomic E-state index is 0.0163. The predicted octanol–water partition coefficient (Wildman–Crippen LogP) is 1.31. The van der Waals surface area contributed by atoms with Crippen molar-refractivity contribution in [1.82, 2.24) is 4.90 Å². The smallest absolute Gasteiger partial charge is 0.254 e. The van der Waals surface area contributed by atoms with E-state index in [4.69, 9.17) is 5.73 Å². The number of anilines is 1. The van der Waals surface area contributed by atoms with Crippen LogP contribution in [0.1, 0.15) is 30.1 Å². The van der Waals surface area contributed by atoms with Crippen LogP contribution >= 0.6 is 0 Å². The van der Waals surface area contributed by atoms with Gasteiger partial charge in [-0.25, -0.2) is 8.42 Å². The first-order valence-corrected chi connectivity index (χ1v) is 8.70. The Labute approximate surface area is 119 Å². The molecule has 5 nitrogen and oxygen atoms in total. The number of sulfone groups is 1. The third kappa shape index (κ3) is 3.72. The number of nitrogens with zero attached hydrogens (tertiary/aromatic N) is 1. The van der Waals surface area contributed by atoms with Gasteiger partial charge in [-0.15, -0.1) is 0 Å². The average Bonchev–Trinajstić information content (AvgIpc) is 3.11. The van der Waals surface area contributed by atoms with Gasteiger partial charge in [-0.2, -0.15) is 0 Å². The van der Waals surface area contributed by atoms with E-state index in [-0.39, 0.29) is 23.7 Å². The monoisotopic (exact) mass is 296 g/mol. The van der Waals surface area contributed by atoms with Gasteiger partial charge in [0.15, 0.2) is 0 Å². The Kier molecular flexibility index (Phi) is 4.04. The van der Waals surface area contributed by atoms with Crippen molar-refractivity contribution in [2.45, 2.75) is 31.8 Å². The lowest BCUT2D eigenvalue weighted by molar-refractivity contribution is 0.0693. The Bertz CT molecular complexity index is 609. The molecule has 0 heterocycles. The number of amides is 1. The second-order valence-electron chi connectivity index (χ2n) is 5.51. The molecule has 0 saturated heterocycles. The molecule has 1 saturated carbocycles. The van der Waals surface area contributed by atoms with Crippen LogP contribution in [0.25, 0.3) is 0 Å². The molecule has 1 aliphatic carbocycles. The second kappa shape index (κ2) is 5.44. The first-order valence-electron chi connectivity index (χ1n) is 6.64. The highest BCUT2D eigenvalue weighted by Crippen LogP contribution is 2.30. The minimum atomic E-state index is -3.12. The Morgan fingerprint density at radius 2 is 2.10 bits per heavy atom. The molecule has 0 aliphatic heterocycles. The van der Waals surface area contributed by atoms with Crippen molar-refractivity contribution in [3.05, 3.63) is 29.8 Å². The number of nitrogens with two attached hydrogens (primary N) is 1. The lowest BCUT2D eigenvalue weighted by atomic mass is 10.1. The molecule has 20 heavy (non-hydrogen) atoms. The van der Waals surface area contributed by atoms with Crippen LogP contribution in [0.3, 0.4) is 0 Å². The summed E-state index contributed by atoms with van der Waals surface area (Å²) in [6.45, 7) is 1.78. The van der Waals surface area contributed by atoms with E-state index in [1.807, 2.05) is 0 Å². The molecule has 1 fully saturated rings. The summed E-state index contributed by atoms with van der Waals surface area (Å²) in [7, 11) is -3.12. The van der Waals surface area contributed by atoms with Crippen molar-refractivity contribution < 1.29 is 13.2 Å². The molecule has 0 aromatic heterocycles. The number of carbonyl (C=O) groups excluding carboxylic acids is 1. The van der Waals surface area contributed by atoms with Crippen LogP contribution < -0.4 is 5.73 Å². The maximum atomic E-state index is 12.6. The van der Waals surface area contributed by atoms with Gasteiger partial charge in [0.25, 0.3) is 5.91 Å². The van der Waals surface area contributed by atoms with Gasteiger partial charge in [-0.3, -0.25) is 4.79 Å². The topological polar surface area (TPSA) is 80.5 Å². The number of hydrogen-bond donors (Lipinski definition) is 1. The zero-order valence-corrected chi connectivity index (χ0v) is 12.6. The standard InChI is InChI=1S/C14H20N2O3S/c1-10(9-20(2,18)19)16(13-6-7-13)14(17)11-4-3-5-12(15)8-11/h3-5,8,10,13H,6-7,9,15H2,1-2H3. The zero-order chi connectivity index (χ0) is 14.9. The maximum absolute atomic E-state index is 12.6. The molecule has 1 aromatic carbocycles. The highest BCUT2D eigenvalue weighted by Gasteiger charge is 2.37. The van der Waals surface area contributed by atoms with Crippen molar-refractivity contribution in [2.75, 3.05) is 17.7 Å². The Morgan fingerprint density at radius 3 is 2.60 bits per heavy atom. The van der Waals surface area contributed by atoms with Gasteiger partial charge in [-0.05, 0) is 38.0 Å². The fraction of sp³-hybridized carbons (Fsp3) is 0.500. The summed E-state index contributed by atoms with van der Waals surface area (Å²) in [5.74, 6) is -0.159. The fourth-order valence-electron chi connectivity index (χ4n) is 2.42. The molecule has 2 N–H and O–H groups in total. The predicted molar refractivity (Wildman–Crippen MR) is 79.2 cm³/mol. The first kappa shape index (κ1) is 14.8. The summed E-state index contributed by atoms with van der Waals surface area (Å²) in [4.78, 5) is 14.3. The molecule has 110 valence electrons. The van der Waals surface area contributed by atoms with Crippen LogP contribution in [0.4, 0.5) is 5.69 Å². The van der Waals surface area contributed by atoms with E-state index in [2.05, 4.69) is 0 Å². The normalized spacial score (nSPS) is 16.7. The molecular formula is C14H20N2O3S. The summed E-state index contributed by atoms with van der Waals surface area (Å²) >= 11 is 0. The van der Waals surface area contributed by atoms with Crippen LogP contribution in [0, 0.1) is 0 Å². The summed E-state index contributed by atoms with van der Waals surface area (Å²) in [5.41, 5.74) is 6.74. The molecule has 1 aromatic rings. The molecule has 0 bridgehead atoms. The van der Waals surface area contributed by atoms with E-state index >= 15 is 0 Å². The molecule has 1 unspecified atom stereocenters. The van der Waals surface area contributed by atoms with E-state index in [0.29, 0.717) is 11.3 Å². The largest absolute Gasteiger partial charge is 0.399 e. The highest BCUT2D eigenvalue weighted by atomic mass is 32.2. The van der Waals surface area contributed by atoms with Crippen LogP contribution in [0.15, 0.2) is 24.3 Å². The summed E-state index contributed by atoms with van der Waals surface area (Å²) in [6, 6.07) is 6.62. The zero-order valence-electron chi connectivity index (χ0n) is 11.7. The molecular weight excluding hydrogens is 276 g/mol. The molecule has 6 heteroatoms. The molecule has 0 radical (unpaired) electrons. The second-order valence-corrected chi connectivity index (χ2v) is 7.70. The third-order valence-corrected chi connectivity index (χ3v) is 4.42. The van der Waals surface area contributed by atoms with Crippen LogP contribution in [-0.2, 0) is 9.84 Å². The SMILES string of the molecule is CC(CS(C)(=O)=O)N(C(=O)c1cccc(N)c1)C1CC1. The third-order valence-electron chi connectivity index (χ3n) is 3.33.